The molecule has 0 unspecified atom stereocenters. The Morgan fingerprint density at radius 1 is 0.412 bits per heavy atom. The van der Waals surface area contributed by atoms with Crippen molar-refractivity contribution in [2.24, 2.45) is 15.0 Å². The van der Waals surface area contributed by atoms with Gasteiger partial charge in [0.25, 0.3) is 0 Å². The summed E-state index contributed by atoms with van der Waals surface area (Å²) in [5.74, 6) is 0. The van der Waals surface area contributed by atoms with Crippen LogP contribution in [0.1, 0.15) is 101 Å². The topological polar surface area (TPSA) is 46.8 Å². The van der Waals surface area contributed by atoms with Gasteiger partial charge in [-0.25, -0.2) is 0 Å². The van der Waals surface area contributed by atoms with Gasteiger partial charge in [0.1, 0.15) is 0 Å². The third kappa shape index (κ3) is 33.7. The number of rotatable bonds is 18. The fourth-order valence-electron chi connectivity index (χ4n) is 2.43. The summed E-state index contributed by atoms with van der Waals surface area (Å²) < 4.78 is 0. The molecule has 6 nitrogen and oxygen atoms in total. The molecule has 0 aromatic heterocycles. The zero-order valence-corrected chi connectivity index (χ0v) is 27.2. The van der Waals surface area contributed by atoms with Crippen molar-refractivity contribution in [3.63, 3.8) is 0 Å². The van der Waals surface area contributed by atoms with Crippen LogP contribution in [0.4, 0.5) is 0 Å². The molecule has 0 heterocycles. The van der Waals surface area contributed by atoms with Crippen molar-refractivity contribution in [2.75, 3.05) is 58.9 Å². The molecule has 0 saturated carbocycles. The molecule has 0 aromatic carbocycles. The molecule has 0 atom stereocenters. The molecule has 7 heteroatoms. The first-order valence-electron chi connectivity index (χ1n) is 13.6. The maximum atomic E-state index is 4.16. The largest absolute Gasteiger partial charge is 3.00 e. The van der Waals surface area contributed by atoms with Crippen LogP contribution in [-0.2, 0) is 32.7 Å². The van der Waals surface area contributed by atoms with Crippen LogP contribution in [0.2, 0.25) is 0 Å². The second kappa shape index (κ2) is 37.1. The van der Waals surface area contributed by atoms with Gasteiger partial charge in [0.15, 0.2) is 0 Å². The van der Waals surface area contributed by atoms with Crippen LogP contribution in [0.25, 0.3) is 0 Å². The first kappa shape index (κ1) is 40.7. The molecule has 0 saturated heterocycles. The van der Waals surface area contributed by atoms with Crippen molar-refractivity contribution in [2.45, 2.75) is 101 Å². The van der Waals surface area contributed by atoms with E-state index in [1.54, 1.807) is 0 Å². The molecule has 0 N–H and O–H groups in total. The Balaban J connectivity index is -0.000000196. The van der Waals surface area contributed by atoms with Crippen LogP contribution in [0.5, 0.6) is 0 Å². The second-order valence-corrected chi connectivity index (χ2v) is 7.68. The van der Waals surface area contributed by atoms with Gasteiger partial charge in [0, 0.05) is 19.6 Å². The molecule has 34 heavy (non-hydrogen) atoms. The van der Waals surface area contributed by atoms with Gasteiger partial charge < -0.3 is 29.7 Å². The van der Waals surface area contributed by atoms with Crippen molar-refractivity contribution >= 4 is 19.0 Å². The zero-order chi connectivity index (χ0) is 25.6. The summed E-state index contributed by atoms with van der Waals surface area (Å²) >= 11 is 0. The van der Waals surface area contributed by atoms with E-state index in [0.29, 0.717) is 0 Å². The third-order valence-electron chi connectivity index (χ3n) is 4.27. The Bertz CT molecular complexity index is 368. The first-order chi connectivity index (χ1) is 16.0. The summed E-state index contributed by atoms with van der Waals surface area (Å²) in [6.07, 6.45) is 15.9. The fraction of sp³-hybridized carbons (Fsp3) is 0.889. The summed E-state index contributed by atoms with van der Waals surface area (Å²) in [5, 5.41) is 0. The third-order valence-corrected chi connectivity index (χ3v) is 4.27. The summed E-state index contributed by atoms with van der Waals surface area (Å²) in [6, 6.07) is 0. The molecule has 0 aliphatic rings. The van der Waals surface area contributed by atoms with Gasteiger partial charge in [0.2, 0.25) is 0 Å². The van der Waals surface area contributed by atoms with E-state index in [4.69, 9.17) is 0 Å². The molecule has 0 bridgehead atoms. The maximum Gasteiger partial charge on any atom is 3.00 e. The first-order valence-corrected chi connectivity index (χ1v) is 13.6. The smallest absolute Gasteiger partial charge is 0.538 e. The van der Waals surface area contributed by atoms with Crippen molar-refractivity contribution in [3.05, 3.63) is 0 Å². The van der Waals surface area contributed by atoms with Gasteiger partial charge in [-0.1, -0.05) is 62.3 Å². The van der Waals surface area contributed by atoms with E-state index in [1.165, 1.54) is 19.3 Å². The minimum atomic E-state index is 0. The average molecular weight is 555 g/mol. The summed E-state index contributed by atoms with van der Waals surface area (Å²) in [4.78, 5) is 18.8. The van der Waals surface area contributed by atoms with Crippen LogP contribution in [0.15, 0.2) is 15.0 Å². The van der Waals surface area contributed by atoms with Gasteiger partial charge in [0.05, 0.1) is 0 Å². The zero-order valence-electron chi connectivity index (χ0n) is 24.4. The van der Waals surface area contributed by atoms with Gasteiger partial charge in [-0.05, 0) is 77.8 Å². The molecular weight excluding hydrogens is 497 g/mol. The van der Waals surface area contributed by atoms with Gasteiger partial charge in [-0.15, -0.1) is 0 Å². The van der Waals surface area contributed by atoms with Crippen LogP contribution in [-0.4, -0.2) is 92.6 Å². The van der Waals surface area contributed by atoms with E-state index in [-0.39, 0.29) is 32.7 Å². The van der Waals surface area contributed by atoms with E-state index in [9.17, 15) is 0 Å². The Morgan fingerprint density at radius 3 is 0.794 bits per heavy atom. The summed E-state index contributed by atoms with van der Waals surface area (Å²) in [6.45, 7) is 28.3. The van der Waals surface area contributed by atoms with E-state index >= 15 is 0 Å². The van der Waals surface area contributed by atoms with Crippen LogP contribution < -0.4 is 0 Å². The molecular formula is C27H57N6Y. The van der Waals surface area contributed by atoms with Gasteiger partial charge in [-0.2, -0.15) is 0 Å². The SMILES string of the molecule is CCCN=[C-]N(CC)CCC.CCCN=[C-]N(CC)CCC.CCCN=[C-]N(CC)CCC.[Y+3]. The molecule has 0 rings (SSSR count). The van der Waals surface area contributed by atoms with Crippen LogP contribution in [0.3, 0.4) is 0 Å². The molecule has 0 amide bonds. The van der Waals surface area contributed by atoms with Crippen molar-refractivity contribution < 1.29 is 32.7 Å². The van der Waals surface area contributed by atoms with Crippen molar-refractivity contribution in [1.82, 2.24) is 14.7 Å². The predicted molar refractivity (Wildman–Crippen MR) is 150 cm³/mol. The van der Waals surface area contributed by atoms with Crippen molar-refractivity contribution in [3.8, 4) is 0 Å². The Hall–Kier alpha value is -0.486. The molecule has 0 aromatic rings. The van der Waals surface area contributed by atoms with Crippen LogP contribution in [0, 0.1) is 0 Å². The number of hydrogen-bond donors (Lipinski definition) is 0. The van der Waals surface area contributed by atoms with Crippen molar-refractivity contribution in [1.29, 1.82) is 0 Å². The quantitative estimate of drug-likeness (QED) is 0.0891. The Labute approximate surface area is 240 Å². The Morgan fingerprint density at radius 2 is 0.647 bits per heavy atom. The van der Waals surface area contributed by atoms with Gasteiger partial charge in [-0.3, -0.25) is 19.0 Å². The fourth-order valence-corrected chi connectivity index (χ4v) is 2.43. The molecule has 0 spiro atoms. The minimum Gasteiger partial charge on any atom is -0.538 e. The predicted octanol–water partition coefficient (Wildman–Crippen LogP) is 6.10. The minimum absolute atomic E-state index is 0. The summed E-state index contributed by atoms with van der Waals surface area (Å²) in [7, 11) is 0. The number of nitrogens with zero attached hydrogens (tertiary/aromatic N) is 6. The van der Waals surface area contributed by atoms with Crippen LogP contribution >= 0.6 is 0 Å². The number of aliphatic imine (C=N–C) groups is 3. The molecule has 0 radical (unpaired) electrons. The molecule has 198 valence electrons. The van der Waals surface area contributed by atoms with E-state index < -0.39 is 0 Å². The normalized spacial score (nSPS) is 10.5. The van der Waals surface area contributed by atoms with Gasteiger partial charge >= 0.3 is 32.7 Å². The Kier molecular flexibility index (Phi) is 44.3. The standard InChI is InChI=1S/3C9H19N2.Y/c3*1-4-7-10-9-11(6-3)8-5-2;/h3*4-8H2,1-3H3;/q3*-1;+3. The van der Waals surface area contributed by atoms with E-state index in [0.717, 1.165) is 78.2 Å². The molecule has 0 aliphatic heterocycles. The monoisotopic (exact) mass is 554 g/mol. The second-order valence-electron chi connectivity index (χ2n) is 7.68. The maximum absolute atomic E-state index is 4.16. The van der Waals surface area contributed by atoms with E-state index in [2.05, 4.69) is 111 Å². The van der Waals surface area contributed by atoms with E-state index in [1.807, 2.05) is 0 Å². The molecule has 0 aliphatic carbocycles. The number of hydrogen-bond acceptors (Lipinski definition) is 3. The molecule has 0 fully saturated rings. The average Bonchev–Trinajstić information content (AvgIpc) is 2.83. The summed E-state index contributed by atoms with van der Waals surface area (Å²) in [5.41, 5.74) is 0.